The Labute approximate surface area is 116 Å². The van der Waals surface area contributed by atoms with Crippen molar-refractivity contribution in [1.29, 1.82) is 0 Å². The first kappa shape index (κ1) is 15.1. The summed E-state index contributed by atoms with van der Waals surface area (Å²) in [5.74, 6) is 0. The summed E-state index contributed by atoms with van der Waals surface area (Å²) in [7, 11) is 1.71. The molecule has 0 aliphatic rings. The Bertz CT molecular complexity index is 317. The Balaban J connectivity index is 1.99. The molecule has 0 aromatic carbocycles. The zero-order valence-electron chi connectivity index (χ0n) is 10.4. The van der Waals surface area contributed by atoms with Crippen molar-refractivity contribution in [1.82, 2.24) is 5.32 Å². The number of rotatable bonds is 9. The van der Waals surface area contributed by atoms with Gasteiger partial charge >= 0.3 is 0 Å². The van der Waals surface area contributed by atoms with Crippen LogP contribution in [0.25, 0.3) is 0 Å². The molecule has 0 unspecified atom stereocenters. The van der Waals surface area contributed by atoms with E-state index < -0.39 is 0 Å². The minimum absolute atomic E-state index is 0.752. The van der Waals surface area contributed by atoms with Gasteiger partial charge in [0.2, 0.25) is 0 Å². The molecule has 0 saturated carbocycles. The zero-order chi connectivity index (χ0) is 12.5. The Morgan fingerprint density at radius 2 is 2.06 bits per heavy atom. The van der Waals surface area contributed by atoms with E-state index in [-0.39, 0.29) is 0 Å². The lowest BCUT2D eigenvalue weighted by Crippen LogP contribution is -2.23. The summed E-state index contributed by atoms with van der Waals surface area (Å²) in [4.78, 5) is 1.37. The highest BCUT2D eigenvalue weighted by molar-refractivity contribution is 9.11. The van der Waals surface area contributed by atoms with Crippen LogP contribution in [0.1, 0.15) is 10.4 Å². The monoisotopic (exact) mass is 321 g/mol. The second kappa shape index (κ2) is 9.05. The van der Waals surface area contributed by atoms with E-state index in [9.17, 15) is 0 Å². The number of hydrogen-bond donors (Lipinski definition) is 1. The van der Waals surface area contributed by atoms with Crippen LogP contribution in [0.15, 0.2) is 9.85 Å². The van der Waals surface area contributed by atoms with E-state index in [0.29, 0.717) is 0 Å². The molecular weight excluding hydrogens is 302 g/mol. The molecule has 0 amide bonds. The first-order valence-corrected chi connectivity index (χ1v) is 7.37. The summed E-state index contributed by atoms with van der Waals surface area (Å²) in [6.07, 6.45) is 0.992. The number of methoxy groups -OCH3 is 1. The minimum atomic E-state index is 0.752. The lowest BCUT2D eigenvalue weighted by Gasteiger charge is -2.05. The van der Waals surface area contributed by atoms with E-state index in [4.69, 9.17) is 9.47 Å². The van der Waals surface area contributed by atoms with Crippen molar-refractivity contribution < 1.29 is 9.47 Å². The summed E-state index contributed by atoms with van der Waals surface area (Å²) in [6, 6.07) is 2.18. The third-order valence-corrected chi connectivity index (χ3v) is 4.01. The van der Waals surface area contributed by atoms with Gasteiger partial charge in [0.1, 0.15) is 0 Å². The Morgan fingerprint density at radius 3 is 2.71 bits per heavy atom. The molecule has 0 spiro atoms. The van der Waals surface area contributed by atoms with Gasteiger partial charge in [0.15, 0.2) is 0 Å². The molecule has 0 fully saturated rings. The van der Waals surface area contributed by atoms with E-state index >= 15 is 0 Å². The smallest absolute Gasteiger partial charge is 0.0704 e. The van der Waals surface area contributed by atoms with Crippen LogP contribution in [0, 0.1) is 6.92 Å². The maximum absolute atomic E-state index is 5.57. The molecule has 0 bridgehead atoms. The van der Waals surface area contributed by atoms with Gasteiger partial charge in [-0.05, 0) is 40.9 Å². The summed E-state index contributed by atoms with van der Waals surface area (Å²) < 4.78 is 11.7. The lowest BCUT2D eigenvalue weighted by atomic mass is 10.2. The van der Waals surface area contributed by atoms with Gasteiger partial charge < -0.3 is 14.8 Å². The number of nitrogens with one attached hydrogen (secondary N) is 1. The van der Waals surface area contributed by atoms with Crippen molar-refractivity contribution >= 4 is 27.3 Å². The molecule has 3 nitrogen and oxygen atoms in total. The maximum Gasteiger partial charge on any atom is 0.0704 e. The normalized spacial score (nSPS) is 11.0. The second-order valence-corrected chi connectivity index (χ2v) is 6.37. The van der Waals surface area contributed by atoms with Crippen molar-refractivity contribution in [3.8, 4) is 0 Å². The van der Waals surface area contributed by atoms with Gasteiger partial charge in [-0.1, -0.05) is 0 Å². The molecule has 0 saturated heterocycles. The SMILES string of the molecule is COCCNCCOCCc1cc(Br)sc1C. The van der Waals surface area contributed by atoms with Crippen LogP contribution in [0.5, 0.6) is 0 Å². The average Bonchev–Trinajstić information content (AvgIpc) is 2.61. The summed E-state index contributed by atoms with van der Waals surface area (Å²) in [5.41, 5.74) is 1.38. The highest BCUT2D eigenvalue weighted by Crippen LogP contribution is 2.26. The molecular formula is C12H20BrNO2S. The minimum Gasteiger partial charge on any atom is -0.383 e. The summed E-state index contributed by atoms with van der Waals surface area (Å²) in [5, 5.41) is 3.25. The lowest BCUT2D eigenvalue weighted by molar-refractivity contribution is 0.135. The molecule has 1 aromatic rings. The van der Waals surface area contributed by atoms with Crippen molar-refractivity contribution in [3.63, 3.8) is 0 Å². The Morgan fingerprint density at radius 1 is 1.29 bits per heavy atom. The quantitative estimate of drug-likeness (QED) is 0.709. The van der Waals surface area contributed by atoms with Crippen molar-refractivity contribution in [3.05, 3.63) is 20.3 Å². The largest absolute Gasteiger partial charge is 0.383 e. The van der Waals surface area contributed by atoms with Gasteiger partial charge in [-0.2, -0.15) is 0 Å². The van der Waals surface area contributed by atoms with E-state index in [1.54, 1.807) is 18.4 Å². The van der Waals surface area contributed by atoms with Crippen molar-refractivity contribution in [2.24, 2.45) is 0 Å². The number of aryl methyl sites for hydroxylation is 1. The molecule has 0 radical (unpaired) electrons. The molecule has 1 aromatic heterocycles. The van der Waals surface area contributed by atoms with Gasteiger partial charge in [0.25, 0.3) is 0 Å². The second-order valence-electron chi connectivity index (χ2n) is 3.74. The van der Waals surface area contributed by atoms with E-state index in [2.05, 4.69) is 34.2 Å². The van der Waals surface area contributed by atoms with Crippen LogP contribution in [-0.2, 0) is 15.9 Å². The van der Waals surface area contributed by atoms with E-state index in [1.807, 2.05) is 0 Å². The van der Waals surface area contributed by atoms with Gasteiger partial charge in [-0.15, -0.1) is 11.3 Å². The van der Waals surface area contributed by atoms with Crippen LogP contribution in [0.3, 0.4) is 0 Å². The standard InChI is InChI=1S/C12H20BrNO2S/c1-10-11(9-12(13)17-10)3-6-16-8-5-14-4-7-15-2/h9,14H,3-8H2,1-2H3. The van der Waals surface area contributed by atoms with Crippen LogP contribution < -0.4 is 5.32 Å². The third kappa shape index (κ3) is 6.52. The summed E-state index contributed by atoms with van der Waals surface area (Å²) in [6.45, 7) is 6.22. The van der Waals surface area contributed by atoms with Gasteiger partial charge in [-0.25, -0.2) is 0 Å². The topological polar surface area (TPSA) is 30.5 Å². The number of ether oxygens (including phenoxy) is 2. The van der Waals surface area contributed by atoms with Gasteiger partial charge in [0.05, 0.1) is 23.6 Å². The molecule has 17 heavy (non-hydrogen) atoms. The number of thiophene rings is 1. The van der Waals surface area contributed by atoms with Gasteiger partial charge in [-0.3, -0.25) is 0 Å². The Hall–Kier alpha value is 0.0600. The number of halogens is 1. The summed E-state index contributed by atoms with van der Waals surface area (Å²) >= 11 is 5.28. The molecule has 1 rings (SSSR count). The fourth-order valence-corrected chi connectivity index (χ4v) is 3.25. The van der Waals surface area contributed by atoms with E-state index in [0.717, 1.165) is 39.3 Å². The highest BCUT2D eigenvalue weighted by atomic mass is 79.9. The zero-order valence-corrected chi connectivity index (χ0v) is 12.8. The van der Waals surface area contributed by atoms with Crippen molar-refractivity contribution in [2.75, 3.05) is 40.0 Å². The predicted octanol–water partition coefficient (Wildman–Crippen LogP) is 2.61. The third-order valence-electron chi connectivity index (χ3n) is 2.41. The first-order valence-electron chi connectivity index (χ1n) is 5.76. The van der Waals surface area contributed by atoms with E-state index in [1.165, 1.54) is 14.2 Å². The predicted molar refractivity (Wildman–Crippen MR) is 76.0 cm³/mol. The molecule has 5 heteroatoms. The first-order chi connectivity index (χ1) is 8.24. The molecule has 1 N–H and O–H groups in total. The molecule has 98 valence electrons. The average molecular weight is 322 g/mol. The molecule has 0 aliphatic heterocycles. The number of hydrogen-bond acceptors (Lipinski definition) is 4. The fourth-order valence-electron chi connectivity index (χ4n) is 1.46. The Kier molecular flexibility index (Phi) is 8.05. The molecule has 0 aliphatic carbocycles. The molecule has 0 atom stereocenters. The van der Waals surface area contributed by atoms with Crippen LogP contribution in [0.4, 0.5) is 0 Å². The van der Waals surface area contributed by atoms with Gasteiger partial charge in [0, 0.05) is 25.1 Å². The highest BCUT2D eigenvalue weighted by Gasteiger charge is 2.02. The van der Waals surface area contributed by atoms with Crippen LogP contribution in [0.2, 0.25) is 0 Å². The van der Waals surface area contributed by atoms with Crippen molar-refractivity contribution in [2.45, 2.75) is 13.3 Å². The molecule has 1 heterocycles. The maximum atomic E-state index is 5.57. The van der Waals surface area contributed by atoms with Crippen LogP contribution in [-0.4, -0.2) is 40.0 Å². The van der Waals surface area contributed by atoms with Crippen LogP contribution >= 0.6 is 27.3 Å². The fraction of sp³-hybridized carbons (Fsp3) is 0.667.